The molecule has 2 heterocycles. The summed E-state index contributed by atoms with van der Waals surface area (Å²) >= 11 is 0. The lowest BCUT2D eigenvalue weighted by atomic mass is 10.00. The van der Waals surface area contributed by atoms with Gasteiger partial charge in [-0.2, -0.15) is 0 Å². The Kier molecular flexibility index (Phi) is 4.77. The van der Waals surface area contributed by atoms with Crippen LogP contribution < -0.4 is 10.1 Å². The standard InChI is InChI=1S/C21H22FN3O3/c1-21(19(26)23-17-8-4-5-9-18(17)28-21)20(27)25-12-10-24(11-13-25)14-15-6-2-3-7-16(15)22/h2-9H,10-14H2,1H3,(H,23,26). The molecule has 6 nitrogen and oxygen atoms in total. The molecule has 2 aromatic carbocycles. The number of para-hydroxylation sites is 2. The van der Waals surface area contributed by atoms with E-state index in [1.807, 2.05) is 6.07 Å². The van der Waals surface area contributed by atoms with Crippen LogP contribution in [0, 0.1) is 5.82 Å². The fraction of sp³-hybridized carbons (Fsp3) is 0.333. The fourth-order valence-electron chi connectivity index (χ4n) is 3.59. The molecule has 1 atom stereocenters. The predicted octanol–water partition coefficient (Wildman–Crippen LogP) is 2.26. The Morgan fingerprint density at radius 1 is 1.11 bits per heavy atom. The summed E-state index contributed by atoms with van der Waals surface area (Å²) in [6.07, 6.45) is 0. The van der Waals surface area contributed by atoms with Crippen molar-refractivity contribution in [3.05, 3.63) is 59.9 Å². The van der Waals surface area contributed by atoms with E-state index in [0.29, 0.717) is 49.7 Å². The van der Waals surface area contributed by atoms with Crippen LogP contribution in [-0.4, -0.2) is 53.4 Å². The summed E-state index contributed by atoms with van der Waals surface area (Å²) in [5, 5.41) is 2.75. The molecule has 146 valence electrons. The number of carbonyl (C=O) groups excluding carboxylic acids is 2. The smallest absolute Gasteiger partial charge is 0.278 e. The highest BCUT2D eigenvalue weighted by Crippen LogP contribution is 2.34. The van der Waals surface area contributed by atoms with Gasteiger partial charge in [-0.25, -0.2) is 4.39 Å². The van der Waals surface area contributed by atoms with Crippen LogP contribution in [0.1, 0.15) is 12.5 Å². The number of hydrogen-bond acceptors (Lipinski definition) is 4. The van der Waals surface area contributed by atoms with Gasteiger partial charge in [0.25, 0.3) is 17.4 Å². The summed E-state index contributed by atoms with van der Waals surface area (Å²) < 4.78 is 19.7. The van der Waals surface area contributed by atoms with E-state index >= 15 is 0 Å². The molecule has 1 unspecified atom stereocenters. The third kappa shape index (κ3) is 3.33. The minimum atomic E-state index is -1.60. The zero-order valence-electron chi connectivity index (χ0n) is 15.7. The summed E-state index contributed by atoms with van der Waals surface area (Å²) in [7, 11) is 0. The molecular weight excluding hydrogens is 361 g/mol. The summed E-state index contributed by atoms with van der Waals surface area (Å²) in [5.74, 6) is -0.564. The number of nitrogens with one attached hydrogen (secondary N) is 1. The van der Waals surface area contributed by atoms with Crippen molar-refractivity contribution < 1.29 is 18.7 Å². The Hall–Kier alpha value is -2.93. The highest BCUT2D eigenvalue weighted by molar-refractivity contribution is 6.15. The van der Waals surface area contributed by atoms with Crippen LogP contribution in [-0.2, 0) is 16.1 Å². The minimum absolute atomic E-state index is 0.223. The number of anilines is 1. The van der Waals surface area contributed by atoms with E-state index in [0.717, 1.165) is 0 Å². The van der Waals surface area contributed by atoms with Gasteiger partial charge in [-0.3, -0.25) is 14.5 Å². The van der Waals surface area contributed by atoms with Crippen LogP contribution in [0.25, 0.3) is 0 Å². The first-order valence-electron chi connectivity index (χ1n) is 9.32. The Bertz CT molecular complexity index is 911. The Labute approximate surface area is 162 Å². The number of rotatable bonds is 3. The number of fused-ring (bicyclic) bond motifs is 1. The molecule has 0 aliphatic carbocycles. The number of halogens is 1. The van der Waals surface area contributed by atoms with Gasteiger partial charge in [0.15, 0.2) is 0 Å². The van der Waals surface area contributed by atoms with Gasteiger partial charge in [-0.1, -0.05) is 30.3 Å². The number of benzene rings is 2. The first-order valence-corrected chi connectivity index (χ1v) is 9.32. The van der Waals surface area contributed by atoms with E-state index in [2.05, 4.69) is 10.2 Å². The number of nitrogens with zero attached hydrogens (tertiary/aromatic N) is 2. The van der Waals surface area contributed by atoms with Crippen molar-refractivity contribution in [3.8, 4) is 5.75 Å². The second-order valence-corrected chi connectivity index (χ2v) is 7.25. The van der Waals surface area contributed by atoms with Gasteiger partial charge < -0.3 is 15.0 Å². The van der Waals surface area contributed by atoms with Gasteiger partial charge >= 0.3 is 0 Å². The van der Waals surface area contributed by atoms with Crippen molar-refractivity contribution in [1.29, 1.82) is 0 Å². The number of amides is 2. The van der Waals surface area contributed by atoms with E-state index in [9.17, 15) is 14.0 Å². The summed E-state index contributed by atoms with van der Waals surface area (Å²) in [6.45, 7) is 4.13. The molecular formula is C21H22FN3O3. The topological polar surface area (TPSA) is 61.9 Å². The predicted molar refractivity (Wildman–Crippen MR) is 102 cm³/mol. The average Bonchev–Trinajstić information content (AvgIpc) is 2.70. The summed E-state index contributed by atoms with van der Waals surface area (Å²) in [4.78, 5) is 29.4. The Balaban J connectivity index is 1.41. The Morgan fingerprint density at radius 2 is 1.79 bits per heavy atom. The van der Waals surface area contributed by atoms with Crippen molar-refractivity contribution in [2.45, 2.75) is 19.1 Å². The molecule has 2 amide bonds. The quantitative estimate of drug-likeness (QED) is 0.826. The van der Waals surface area contributed by atoms with Crippen LogP contribution in [0.15, 0.2) is 48.5 Å². The highest BCUT2D eigenvalue weighted by atomic mass is 19.1. The van der Waals surface area contributed by atoms with Crippen molar-refractivity contribution in [3.63, 3.8) is 0 Å². The van der Waals surface area contributed by atoms with Gasteiger partial charge in [0, 0.05) is 38.3 Å². The Morgan fingerprint density at radius 3 is 2.54 bits per heavy atom. The molecule has 7 heteroatoms. The van der Waals surface area contributed by atoms with Crippen molar-refractivity contribution in [1.82, 2.24) is 9.80 Å². The molecule has 4 rings (SSSR count). The first-order chi connectivity index (χ1) is 13.5. The van der Waals surface area contributed by atoms with E-state index in [4.69, 9.17) is 4.74 Å². The van der Waals surface area contributed by atoms with Crippen LogP contribution in [0.2, 0.25) is 0 Å². The van der Waals surface area contributed by atoms with E-state index < -0.39 is 11.5 Å². The number of piperazine rings is 1. The van der Waals surface area contributed by atoms with Crippen LogP contribution in [0.3, 0.4) is 0 Å². The zero-order chi connectivity index (χ0) is 19.7. The minimum Gasteiger partial charge on any atom is -0.466 e. The van der Waals surface area contributed by atoms with Gasteiger partial charge in [0.2, 0.25) is 0 Å². The molecule has 2 aromatic rings. The summed E-state index contributed by atoms with van der Waals surface area (Å²) in [6, 6.07) is 13.8. The van der Waals surface area contributed by atoms with Crippen molar-refractivity contribution in [2.24, 2.45) is 0 Å². The second-order valence-electron chi connectivity index (χ2n) is 7.25. The first kappa shape index (κ1) is 18.4. The molecule has 0 bridgehead atoms. The van der Waals surface area contributed by atoms with Gasteiger partial charge in [0.1, 0.15) is 11.6 Å². The maximum absolute atomic E-state index is 13.9. The molecule has 1 saturated heterocycles. The molecule has 0 aromatic heterocycles. The van der Waals surface area contributed by atoms with Crippen molar-refractivity contribution in [2.75, 3.05) is 31.5 Å². The van der Waals surface area contributed by atoms with E-state index in [1.165, 1.54) is 13.0 Å². The number of hydrogen-bond donors (Lipinski definition) is 1. The molecule has 0 spiro atoms. The molecule has 1 N–H and O–H groups in total. The maximum atomic E-state index is 13.9. The van der Waals surface area contributed by atoms with Gasteiger partial charge in [0.05, 0.1) is 5.69 Å². The maximum Gasteiger partial charge on any atom is 0.278 e. The lowest BCUT2D eigenvalue weighted by molar-refractivity contribution is -0.155. The molecule has 28 heavy (non-hydrogen) atoms. The molecule has 2 aliphatic heterocycles. The normalized spacial score (nSPS) is 22.2. The highest BCUT2D eigenvalue weighted by Gasteiger charge is 2.49. The average molecular weight is 383 g/mol. The third-order valence-corrected chi connectivity index (χ3v) is 5.30. The van der Waals surface area contributed by atoms with Crippen LogP contribution in [0.4, 0.5) is 10.1 Å². The largest absolute Gasteiger partial charge is 0.466 e. The van der Waals surface area contributed by atoms with E-state index in [1.54, 1.807) is 41.3 Å². The second kappa shape index (κ2) is 7.24. The zero-order valence-corrected chi connectivity index (χ0v) is 15.7. The molecule has 0 radical (unpaired) electrons. The van der Waals surface area contributed by atoms with Crippen LogP contribution >= 0.6 is 0 Å². The fourth-order valence-corrected chi connectivity index (χ4v) is 3.59. The van der Waals surface area contributed by atoms with Crippen molar-refractivity contribution >= 4 is 17.5 Å². The lowest BCUT2D eigenvalue weighted by Crippen LogP contribution is -2.62. The van der Waals surface area contributed by atoms with Gasteiger partial charge in [-0.15, -0.1) is 0 Å². The SMILES string of the molecule is CC1(C(=O)N2CCN(Cc3ccccc3F)CC2)Oc2ccccc2NC1=O. The molecule has 2 aliphatic rings. The van der Waals surface area contributed by atoms with Crippen LogP contribution in [0.5, 0.6) is 5.75 Å². The number of carbonyl (C=O) groups is 2. The number of ether oxygens (including phenoxy) is 1. The van der Waals surface area contributed by atoms with Gasteiger partial charge in [-0.05, 0) is 25.1 Å². The van der Waals surface area contributed by atoms with E-state index in [-0.39, 0.29) is 11.7 Å². The molecule has 0 saturated carbocycles. The third-order valence-electron chi connectivity index (χ3n) is 5.30. The lowest BCUT2D eigenvalue weighted by Gasteiger charge is -2.40. The summed E-state index contributed by atoms with van der Waals surface area (Å²) in [5.41, 5.74) is -0.393. The molecule has 1 fully saturated rings. The monoisotopic (exact) mass is 383 g/mol.